The number of hydrogen-bond acceptors (Lipinski definition) is 6. The number of benzene rings is 2. The van der Waals surface area contributed by atoms with Gasteiger partial charge in [0.05, 0.1) is 6.54 Å². The fourth-order valence-corrected chi connectivity index (χ4v) is 4.73. The fraction of sp³-hybridized carbons (Fsp3) is 0.231. The number of thioether (sulfide) groups is 1. The molecule has 0 saturated carbocycles. The summed E-state index contributed by atoms with van der Waals surface area (Å²) in [6.07, 6.45) is 3.61. The van der Waals surface area contributed by atoms with Gasteiger partial charge in [-0.15, -0.1) is 29.7 Å². The highest BCUT2D eigenvalue weighted by Gasteiger charge is 2.23. The van der Waals surface area contributed by atoms with E-state index in [1.807, 2.05) is 66.2 Å². The summed E-state index contributed by atoms with van der Waals surface area (Å²) >= 11 is 3.22. The first-order valence-corrected chi connectivity index (χ1v) is 13.2. The lowest BCUT2D eigenvalue weighted by Gasteiger charge is -2.27. The second-order valence-corrected chi connectivity index (χ2v) is 9.76. The smallest absolute Gasteiger partial charge is 0.322 e. The van der Waals surface area contributed by atoms with Crippen LogP contribution < -0.4 is 14.8 Å². The van der Waals surface area contributed by atoms with Gasteiger partial charge < -0.3 is 24.6 Å². The van der Waals surface area contributed by atoms with Crippen molar-refractivity contribution in [3.63, 3.8) is 0 Å². The first-order valence-electron chi connectivity index (χ1n) is 11.1. The van der Waals surface area contributed by atoms with Crippen molar-refractivity contribution in [2.45, 2.75) is 18.0 Å². The first-order chi connectivity index (χ1) is 17.1. The zero-order chi connectivity index (χ0) is 24.6. The Morgan fingerprint density at radius 2 is 1.89 bits per heavy atom. The molecule has 182 valence electrons. The van der Waals surface area contributed by atoms with Gasteiger partial charge in [0.1, 0.15) is 6.54 Å². The van der Waals surface area contributed by atoms with Crippen LogP contribution in [0.25, 0.3) is 0 Å². The molecule has 1 N–H and O–H groups in total. The first kappa shape index (κ1) is 24.7. The van der Waals surface area contributed by atoms with Gasteiger partial charge in [-0.1, -0.05) is 18.2 Å². The van der Waals surface area contributed by atoms with E-state index >= 15 is 0 Å². The van der Waals surface area contributed by atoms with Crippen LogP contribution in [0.15, 0.2) is 77.5 Å². The van der Waals surface area contributed by atoms with Gasteiger partial charge in [0.25, 0.3) is 0 Å². The molecular formula is C26H27N3O4S2. The average Bonchev–Trinajstić information content (AvgIpc) is 3.55. The minimum absolute atomic E-state index is 0.0727. The van der Waals surface area contributed by atoms with E-state index < -0.39 is 0 Å². The highest BCUT2D eigenvalue weighted by Crippen LogP contribution is 2.33. The predicted molar refractivity (Wildman–Crippen MR) is 140 cm³/mol. The van der Waals surface area contributed by atoms with Crippen LogP contribution in [-0.4, -0.2) is 47.9 Å². The number of anilines is 1. The maximum atomic E-state index is 13.4. The molecule has 3 aromatic rings. The Kier molecular flexibility index (Phi) is 8.33. The Bertz CT molecular complexity index is 1170. The molecule has 1 aliphatic heterocycles. The highest BCUT2D eigenvalue weighted by atomic mass is 32.2. The molecule has 0 atom stereocenters. The highest BCUT2D eigenvalue weighted by molar-refractivity contribution is 7.98. The SMILES string of the molecule is C=CCN(CC(=O)N(Cc1ccc2c(c1)OCO2)Cc1cccs1)C(=O)Nc1ccc(SC)cc1. The summed E-state index contributed by atoms with van der Waals surface area (Å²) in [7, 11) is 0. The summed E-state index contributed by atoms with van der Waals surface area (Å²) in [5.41, 5.74) is 1.60. The number of urea groups is 1. The van der Waals surface area contributed by atoms with E-state index in [0.29, 0.717) is 30.3 Å². The molecule has 0 aliphatic carbocycles. The second kappa shape index (κ2) is 11.8. The zero-order valence-corrected chi connectivity index (χ0v) is 21.1. The van der Waals surface area contributed by atoms with Crippen molar-refractivity contribution in [3.8, 4) is 11.5 Å². The van der Waals surface area contributed by atoms with Gasteiger partial charge in [0.2, 0.25) is 12.7 Å². The van der Waals surface area contributed by atoms with E-state index in [2.05, 4.69) is 11.9 Å². The molecule has 2 aromatic carbocycles. The lowest BCUT2D eigenvalue weighted by atomic mass is 10.2. The number of carbonyl (C=O) groups is 2. The maximum absolute atomic E-state index is 13.4. The van der Waals surface area contributed by atoms with Gasteiger partial charge >= 0.3 is 6.03 Å². The van der Waals surface area contributed by atoms with Crippen molar-refractivity contribution in [1.82, 2.24) is 9.80 Å². The summed E-state index contributed by atoms with van der Waals surface area (Å²) in [4.78, 5) is 31.8. The van der Waals surface area contributed by atoms with Gasteiger partial charge in [-0.2, -0.15) is 0 Å². The van der Waals surface area contributed by atoms with E-state index in [1.165, 1.54) is 4.90 Å². The number of nitrogens with zero attached hydrogens (tertiary/aromatic N) is 2. The number of ether oxygens (including phenoxy) is 2. The van der Waals surface area contributed by atoms with Crippen molar-refractivity contribution in [2.75, 3.05) is 31.5 Å². The molecule has 0 unspecified atom stereocenters. The lowest BCUT2D eigenvalue weighted by Crippen LogP contribution is -2.44. The monoisotopic (exact) mass is 509 g/mol. The maximum Gasteiger partial charge on any atom is 0.322 e. The summed E-state index contributed by atoms with van der Waals surface area (Å²) in [6.45, 7) is 4.96. The van der Waals surface area contributed by atoms with Crippen LogP contribution in [0.1, 0.15) is 10.4 Å². The fourth-order valence-electron chi connectivity index (χ4n) is 3.60. The Labute approximate surface area is 213 Å². The number of rotatable bonds is 10. The van der Waals surface area contributed by atoms with E-state index in [0.717, 1.165) is 15.3 Å². The quantitative estimate of drug-likeness (QED) is 0.291. The van der Waals surface area contributed by atoms with Crippen LogP contribution >= 0.6 is 23.1 Å². The normalized spacial score (nSPS) is 11.7. The summed E-state index contributed by atoms with van der Waals surface area (Å²) < 4.78 is 10.9. The largest absolute Gasteiger partial charge is 0.454 e. The molecule has 0 saturated heterocycles. The number of amides is 3. The molecule has 0 radical (unpaired) electrons. The molecule has 0 fully saturated rings. The van der Waals surface area contributed by atoms with Crippen molar-refractivity contribution in [1.29, 1.82) is 0 Å². The minimum Gasteiger partial charge on any atom is -0.454 e. The zero-order valence-electron chi connectivity index (χ0n) is 19.4. The van der Waals surface area contributed by atoms with Crippen LogP contribution in [0.3, 0.4) is 0 Å². The molecule has 3 amide bonds. The van der Waals surface area contributed by atoms with Gasteiger partial charge in [0.15, 0.2) is 11.5 Å². The molecule has 1 aromatic heterocycles. The molecule has 35 heavy (non-hydrogen) atoms. The molecule has 4 rings (SSSR count). The van der Waals surface area contributed by atoms with Crippen LogP contribution in [0.5, 0.6) is 11.5 Å². The Morgan fingerprint density at radius 1 is 1.09 bits per heavy atom. The second-order valence-electron chi connectivity index (χ2n) is 7.84. The Balaban J connectivity index is 1.47. The van der Waals surface area contributed by atoms with E-state index in [1.54, 1.807) is 34.1 Å². The number of hydrogen-bond donors (Lipinski definition) is 1. The Morgan fingerprint density at radius 3 is 2.60 bits per heavy atom. The standard InChI is InChI=1S/C26H27N3O4S2/c1-3-12-28(26(31)27-20-7-9-21(34-2)10-8-20)17-25(30)29(16-22-5-4-13-35-22)15-19-6-11-23-24(14-19)33-18-32-23/h3-11,13-14H,1,12,15-18H2,2H3,(H,27,31). The van der Waals surface area contributed by atoms with Crippen molar-refractivity contribution in [3.05, 3.63) is 83.1 Å². The topological polar surface area (TPSA) is 71.1 Å². The molecular weight excluding hydrogens is 482 g/mol. The molecule has 0 bridgehead atoms. The number of thiophene rings is 1. The number of carbonyl (C=O) groups excluding carboxylic acids is 2. The van der Waals surface area contributed by atoms with Gasteiger partial charge in [-0.3, -0.25) is 4.79 Å². The van der Waals surface area contributed by atoms with Crippen LogP contribution in [0.2, 0.25) is 0 Å². The molecule has 1 aliphatic rings. The molecule has 9 heteroatoms. The third-order valence-electron chi connectivity index (χ3n) is 5.39. The van der Waals surface area contributed by atoms with Crippen molar-refractivity contribution >= 4 is 40.7 Å². The number of fused-ring (bicyclic) bond motifs is 1. The molecule has 0 spiro atoms. The minimum atomic E-state index is -0.352. The average molecular weight is 510 g/mol. The summed E-state index contributed by atoms with van der Waals surface area (Å²) in [5, 5.41) is 4.86. The predicted octanol–water partition coefficient (Wildman–Crippen LogP) is 5.45. The van der Waals surface area contributed by atoms with Gasteiger partial charge in [0, 0.05) is 28.5 Å². The van der Waals surface area contributed by atoms with Crippen LogP contribution in [0.4, 0.5) is 10.5 Å². The Hall–Kier alpha value is -3.43. The third kappa shape index (κ3) is 6.58. The van der Waals surface area contributed by atoms with Crippen LogP contribution in [0, 0.1) is 0 Å². The number of nitrogens with one attached hydrogen (secondary N) is 1. The van der Waals surface area contributed by atoms with Crippen molar-refractivity contribution in [2.24, 2.45) is 0 Å². The summed E-state index contributed by atoms with van der Waals surface area (Å²) in [6, 6.07) is 16.9. The van der Waals surface area contributed by atoms with E-state index in [9.17, 15) is 9.59 Å². The van der Waals surface area contributed by atoms with Crippen molar-refractivity contribution < 1.29 is 19.1 Å². The third-order valence-corrected chi connectivity index (χ3v) is 7.00. The summed E-state index contributed by atoms with van der Waals surface area (Å²) in [5.74, 6) is 1.21. The molecule has 7 nitrogen and oxygen atoms in total. The van der Waals surface area contributed by atoms with Crippen LogP contribution in [-0.2, 0) is 17.9 Å². The van der Waals surface area contributed by atoms with Gasteiger partial charge in [-0.25, -0.2) is 4.79 Å². The van der Waals surface area contributed by atoms with Gasteiger partial charge in [-0.05, 0) is 59.7 Å². The van der Waals surface area contributed by atoms with E-state index in [-0.39, 0.29) is 31.8 Å². The molecule has 2 heterocycles. The van der Waals surface area contributed by atoms with E-state index in [4.69, 9.17) is 9.47 Å². The lowest BCUT2D eigenvalue weighted by molar-refractivity contribution is -0.132.